The van der Waals surface area contributed by atoms with Gasteiger partial charge >= 0.3 is 0 Å². The fourth-order valence-electron chi connectivity index (χ4n) is 22.3. The highest BCUT2D eigenvalue weighted by Crippen LogP contribution is 2.65. The molecule has 0 bridgehead atoms. The summed E-state index contributed by atoms with van der Waals surface area (Å²) in [5.41, 5.74) is 44.5. The van der Waals surface area contributed by atoms with E-state index in [4.69, 9.17) is 8.83 Å². The largest absolute Gasteiger partial charge is 0.455 e. The van der Waals surface area contributed by atoms with Crippen molar-refractivity contribution >= 4 is 60.9 Å². The van der Waals surface area contributed by atoms with Crippen LogP contribution in [0.15, 0.2) is 239 Å². The predicted octanol–water partition coefficient (Wildman–Crippen LogP) is 31.1. The van der Waals surface area contributed by atoms with Crippen LogP contribution < -0.4 is 4.90 Å². The third kappa shape index (κ3) is 10.1. The van der Waals surface area contributed by atoms with E-state index in [9.17, 15) is 0 Å². The lowest BCUT2D eigenvalue weighted by Gasteiger charge is -2.33. The first-order valence-corrected chi connectivity index (χ1v) is 41.7. The van der Waals surface area contributed by atoms with Crippen molar-refractivity contribution in [2.45, 2.75) is 194 Å². The lowest BCUT2D eigenvalue weighted by atomic mass is 9.70. The van der Waals surface area contributed by atoms with Crippen LogP contribution in [-0.2, 0) is 27.1 Å². The van der Waals surface area contributed by atoms with E-state index < -0.39 is 0 Å². The number of nitrogens with zero attached hydrogens (tertiary/aromatic N) is 1. The highest BCUT2D eigenvalue weighted by Gasteiger charge is 2.50. The van der Waals surface area contributed by atoms with Gasteiger partial charge in [-0.1, -0.05) is 309 Å². The van der Waals surface area contributed by atoms with Gasteiger partial charge in [-0.05, 0) is 239 Å². The Morgan fingerprint density at radius 1 is 0.297 bits per heavy atom. The van der Waals surface area contributed by atoms with Gasteiger partial charge in [0.15, 0.2) is 0 Å². The SMILES string of the molecule is CCCCCCCC1(CCCCCCC)c2ccccc2-c2ccc(-c3ccc4c(c3)C(C)(C)c3cc(-c5ccc(-c6cc7c(c8c6oc6ccccc68)-c6ccc(N(c8ccc9c(c8)C(C)(C)c8c%10c(c%11c(oc%12ccccc%12%11)c8-9)-c8ccccc8C%10(C)C)c8c(C)cc(C)cc8C)cc6C7(C)C)cc5)ccc3-4)cc21. The zero-order valence-corrected chi connectivity index (χ0v) is 67.2. The van der Waals surface area contributed by atoms with Crippen LogP contribution in [0.2, 0.25) is 0 Å². The molecule has 550 valence electrons. The van der Waals surface area contributed by atoms with E-state index in [0.29, 0.717) is 0 Å². The van der Waals surface area contributed by atoms with Crippen LogP contribution in [0.25, 0.3) is 133 Å². The molecule has 2 aromatic heterocycles. The molecule has 0 fully saturated rings. The quantitative estimate of drug-likeness (QED) is 0.0802. The lowest BCUT2D eigenvalue weighted by molar-refractivity contribution is 0.399. The molecule has 0 radical (unpaired) electrons. The summed E-state index contributed by atoms with van der Waals surface area (Å²) in [6.45, 7) is 31.1. The summed E-state index contributed by atoms with van der Waals surface area (Å²) < 4.78 is 14.3. The van der Waals surface area contributed by atoms with Crippen LogP contribution in [0, 0.1) is 20.8 Å². The van der Waals surface area contributed by atoms with Crippen LogP contribution in [-0.4, -0.2) is 0 Å². The first-order chi connectivity index (χ1) is 53.7. The summed E-state index contributed by atoms with van der Waals surface area (Å²) >= 11 is 0. The maximum atomic E-state index is 7.16. The van der Waals surface area contributed by atoms with Gasteiger partial charge in [-0.25, -0.2) is 0 Å². The van der Waals surface area contributed by atoms with Gasteiger partial charge in [-0.3, -0.25) is 0 Å². The molecule has 0 aliphatic heterocycles. The Balaban J connectivity index is 0.644. The van der Waals surface area contributed by atoms with Gasteiger partial charge in [-0.15, -0.1) is 0 Å². The Hall–Kier alpha value is -10.7. The molecule has 0 atom stereocenters. The van der Waals surface area contributed by atoms with Crippen molar-refractivity contribution in [1.29, 1.82) is 0 Å². The molecule has 0 unspecified atom stereocenters. The van der Waals surface area contributed by atoms with E-state index in [-0.39, 0.29) is 27.1 Å². The highest BCUT2D eigenvalue weighted by atomic mass is 16.3. The summed E-state index contributed by atoms with van der Waals surface area (Å²) in [6, 6.07) is 89.3. The normalized spacial score (nSPS) is 15.5. The second-order valence-electron chi connectivity index (χ2n) is 35.9. The maximum absolute atomic E-state index is 7.16. The topological polar surface area (TPSA) is 29.5 Å². The summed E-state index contributed by atoms with van der Waals surface area (Å²) in [4.78, 5) is 2.57. The zero-order chi connectivity index (χ0) is 75.9. The Labute approximate surface area is 656 Å². The van der Waals surface area contributed by atoms with Crippen molar-refractivity contribution < 1.29 is 8.83 Å². The third-order valence-corrected chi connectivity index (χ3v) is 27.8. The molecule has 3 nitrogen and oxygen atoms in total. The van der Waals surface area contributed by atoms with Crippen molar-refractivity contribution in [3.8, 4) is 89.0 Å². The molecule has 2 heterocycles. The smallest absolute Gasteiger partial charge is 0.144 e. The van der Waals surface area contributed by atoms with Crippen molar-refractivity contribution in [1.82, 2.24) is 0 Å². The Morgan fingerprint density at radius 2 is 0.712 bits per heavy atom. The van der Waals surface area contributed by atoms with Crippen molar-refractivity contribution in [3.63, 3.8) is 0 Å². The molecule has 0 saturated heterocycles. The molecule has 0 N–H and O–H groups in total. The number of anilines is 3. The van der Waals surface area contributed by atoms with E-state index in [1.54, 1.807) is 11.1 Å². The molecule has 5 aliphatic carbocycles. The number of para-hydroxylation sites is 2. The monoisotopic (exact) mass is 1440 g/mol. The Bertz CT molecular complexity index is 6370. The minimum atomic E-state index is -0.384. The minimum absolute atomic E-state index is 0.0444. The molecule has 111 heavy (non-hydrogen) atoms. The Morgan fingerprint density at radius 3 is 1.32 bits per heavy atom. The van der Waals surface area contributed by atoms with Crippen LogP contribution in [0.4, 0.5) is 17.1 Å². The van der Waals surface area contributed by atoms with E-state index >= 15 is 0 Å². The van der Waals surface area contributed by atoms with Crippen LogP contribution in [0.3, 0.4) is 0 Å². The summed E-state index contributed by atoms with van der Waals surface area (Å²) in [5, 5.41) is 4.73. The number of rotatable bonds is 18. The second-order valence-corrected chi connectivity index (χ2v) is 35.9. The number of fused-ring (bicyclic) bond motifs is 25. The summed E-state index contributed by atoms with van der Waals surface area (Å²) in [7, 11) is 0. The number of aryl methyl sites for hydroxylation is 3. The molecular weight excluding hydrogens is 1340 g/mol. The van der Waals surface area contributed by atoms with Gasteiger partial charge in [0, 0.05) is 71.1 Å². The van der Waals surface area contributed by atoms with Gasteiger partial charge in [-0.2, -0.15) is 0 Å². The van der Waals surface area contributed by atoms with Crippen molar-refractivity contribution in [2.75, 3.05) is 4.90 Å². The average Bonchev–Trinajstić information content (AvgIpc) is 1.50. The van der Waals surface area contributed by atoms with Crippen molar-refractivity contribution in [2.24, 2.45) is 0 Å². The van der Waals surface area contributed by atoms with E-state index in [0.717, 1.165) is 50.2 Å². The molecule has 0 spiro atoms. The summed E-state index contributed by atoms with van der Waals surface area (Å²) in [5.74, 6) is 0. The van der Waals surface area contributed by atoms with Gasteiger partial charge in [0.1, 0.15) is 22.3 Å². The van der Waals surface area contributed by atoms with Gasteiger partial charge in [0.25, 0.3) is 0 Å². The predicted molar refractivity (Wildman–Crippen MR) is 469 cm³/mol. The highest BCUT2D eigenvalue weighted by molar-refractivity contribution is 6.22. The van der Waals surface area contributed by atoms with Crippen LogP contribution in [0.1, 0.15) is 219 Å². The first kappa shape index (κ1) is 69.5. The van der Waals surface area contributed by atoms with E-state index in [1.165, 1.54) is 238 Å². The molecule has 15 aromatic rings. The van der Waals surface area contributed by atoms with Crippen LogP contribution >= 0.6 is 0 Å². The van der Waals surface area contributed by atoms with E-state index in [1.807, 2.05) is 0 Å². The van der Waals surface area contributed by atoms with Crippen molar-refractivity contribution in [3.05, 3.63) is 303 Å². The molecular formula is C108H101NO2. The minimum Gasteiger partial charge on any atom is -0.455 e. The fraction of sp³-hybridized carbons (Fsp3) is 0.278. The van der Waals surface area contributed by atoms with Gasteiger partial charge in [0.05, 0.1) is 5.69 Å². The standard InChI is InChI=1S/C108H101NO2/c1-14-16-18-20-30-54-108(55-31-21-19-17-15-2)85-37-27-22-32-74(85)77-51-46-71(60-90(77)108)70-45-50-76-75-49-44-69(58-86(75)104(6,7)87(76)59-70)67-40-42-68(43-41-67)83-63-91-94(96-81-34-24-28-38-92(81)110-102(83)96)79-52-47-72(61-88(79)105(91,8)9)109(101-65(4)56-64(3)57-66(101)5)73-48-53-80-89(62-73)107(12,13)100-98(80)103-97(82-35-25-29-39-93(82)111-103)95-78-33-23-26-36-84(78)106(10,11)99(95)100/h22-29,32-53,56-63H,14-21,30-31,54-55H2,1-13H3. The number of hydrogen-bond acceptors (Lipinski definition) is 3. The molecule has 0 amide bonds. The molecule has 5 aliphatic rings. The van der Waals surface area contributed by atoms with Gasteiger partial charge in [0.2, 0.25) is 0 Å². The fourth-order valence-corrected chi connectivity index (χ4v) is 22.3. The molecule has 13 aromatic carbocycles. The number of benzene rings is 13. The number of hydrogen-bond donors (Lipinski definition) is 0. The summed E-state index contributed by atoms with van der Waals surface area (Å²) in [6.07, 6.45) is 15.5. The molecule has 20 rings (SSSR count). The molecule has 0 saturated carbocycles. The van der Waals surface area contributed by atoms with Gasteiger partial charge < -0.3 is 13.7 Å². The Kier molecular flexibility index (Phi) is 15.9. The third-order valence-electron chi connectivity index (χ3n) is 27.8. The maximum Gasteiger partial charge on any atom is 0.144 e. The lowest BCUT2D eigenvalue weighted by Crippen LogP contribution is -2.25. The van der Waals surface area contributed by atoms with Crippen LogP contribution in [0.5, 0.6) is 0 Å². The number of unbranched alkanes of at least 4 members (excludes halogenated alkanes) is 8. The first-order valence-electron chi connectivity index (χ1n) is 41.7. The average molecular weight is 1450 g/mol. The second kappa shape index (κ2) is 25.4. The molecule has 3 heteroatoms. The van der Waals surface area contributed by atoms with E-state index in [2.05, 4.69) is 325 Å². The number of furan rings is 2. The zero-order valence-electron chi connectivity index (χ0n) is 67.2.